The SMILES string of the molecule is COC(=O)c1ccnc(NCCc2cc(F)cc(F)c2)c1. The molecule has 0 saturated carbocycles. The van der Waals surface area contributed by atoms with Crippen LogP contribution in [0.15, 0.2) is 36.5 Å². The standard InChI is InChI=1S/C15H14F2N2O2/c1-21-15(20)11-3-5-19-14(8-11)18-4-2-10-6-12(16)9-13(17)7-10/h3,5-9H,2,4H2,1H3,(H,18,19). The zero-order chi connectivity index (χ0) is 15.2. The quantitative estimate of drug-likeness (QED) is 0.861. The van der Waals surface area contributed by atoms with Crippen molar-refractivity contribution in [1.82, 2.24) is 4.98 Å². The van der Waals surface area contributed by atoms with E-state index in [1.807, 2.05) is 0 Å². The van der Waals surface area contributed by atoms with Gasteiger partial charge in [-0.2, -0.15) is 0 Å². The van der Waals surface area contributed by atoms with E-state index < -0.39 is 17.6 Å². The number of aromatic nitrogens is 1. The summed E-state index contributed by atoms with van der Waals surface area (Å²) in [6.45, 7) is 0.431. The van der Waals surface area contributed by atoms with E-state index in [0.29, 0.717) is 29.9 Å². The van der Waals surface area contributed by atoms with E-state index in [4.69, 9.17) is 0 Å². The molecule has 2 rings (SSSR count). The number of esters is 1. The van der Waals surface area contributed by atoms with Crippen molar-refractivity contribution in [3.05, 3.63) is 59.3 Å². The molecule has 21 heavy (non-hydrogen) atoms. The summed E-state index contributed by atoms with van der Waals surface area (Å²) in [4.78, 5) is 15.4. The Kier molecular flexibility index (Phi) is 4.81. The summed E-state index contributed by atoms with van der Waals surface area (Å²) in [7, 11) is 1.30. The van der Waals surface area contributed by atoms with E-state index in [2.05, 4.69) is 15.0 Å². The van der Waals surface area contributed by atoms with Gasteiger partial charge in [0.05, 0.1) is 12.7 Å². The molecule has 0 spiro atoms. The Morgan fingerprint density at radius 1 is 1.24 bits per heavy atom. The normalized spacial score (nSPS) is 10.2. The van der Waals surface area contributed by atoms with Gasteiger partial charge < -0.3 is 10.1 Å². The lowest BCUT2D eigenvalue weighted by Crippen LogP contribution is -2.08. The third-order valence-corrected chi connectivity index (χ3v) is 2.82. The number of hydrogen-bond donors (Lipinski definition) is 1. The lowest BCUT2D eigenvalue weighted by atomic mass is 10.1. The highest BCUT2D eigenvalue weighted by atomic mass is 19.1. The van der Waals surface area contributed by atoms with Gasteiger partial charge in [-0.1, -0.05) is 0 Å². The van der Waals surface area contributed by atoms with Crippen LogP contribution in [0.3, 0.4) is 0 Å². The predicted molar refractivity (Wildman–Crippen MR) is 74.1 cm³/mol. The average molecular weight is 292 g/mol. The van der Waals surface area contributed by atoms with Crippen LogP contribution in [0.5, 0.6) is 0 Å². The van der Waals surface area contributed by atoms with Gasteiger partial charge in [-0.25, -0.2) is 18.6 Å². The summed E-state index contributed by atoms with van der Waals surface area (Å²) in [5, 5.41) is 2.99. The van der Waals surface area contributed by atoms with E-state index in [-0.39, 0.29) is 0 Å². The lowest BCUT2D eigenvalue weighted by molar-refractivity contribution is 0.0600. The molecule has 0 saturated heterocycles. The molecule has 0 radical (unpaired) electrons. The maximum Gasteiger partial charge on any atom is 0.338 e. The fourth-order valence-corrected chi connectivity index (χ4v) is 1.86. The Hall–Kier alpha value is -2.50. The van der Waals surface area contributed by atoms with Gasteiger partial charge in [0, 0.05) is 18.8 Å². The topological polar surface area (TPSA) is 51.2 Å². The first-order chi connectivity index (χ1) is 10.1. The molecule has 1 heterocycles. The largest absolute Gasteiger partial charge is 0.465 e. The molecule has 0 fully saturated rings. The first kappa shape index (κ1) is 14.9. The van der Waals surface area contributed by atoms with E-state index >= 15 is 0 Å². The molecule has 0 aliphatic heterocycles. The van der Waals surface area contributed by atoms with Gasteiger partial charge in [0.15, 0.2) is 0 Å². The van der Waals surface area contributed by atoms with Gasteiger partial charge in [-0.05, 0) is 36.2 Å². The molecule has 1 aromatic carbocycles. The Bertz CT molecular complexity index is 627. The summed E-state index contributed by atoms with van der Waals surface area (Å²) in [6.07, 6.45) is 1.91. The maximum absolute atomic E-state index is 13.0. The summed E-state index contributed by atoms with van der Waals surface area (Å²) in [5.41, 5.74) is 0.927. The molecule has 1 aromatic heterocycles. The summed E-state index contributed by atoms with van der Waals surface area (Å²) >= 11 is 0. The van der Waals surface area contributed by atoms with E-state index in [0.717, 1.165) is 6.07 Å². The third-order valence-electron chi connectivity index (χ3n) is 2.82. The van der Waals surface area contributed by atoms with Crippen LogP contribution in [0.2, 0.25) is 0 Å². The highest BCUT2D eigenvalue weighted by Crippen LogP contribution is 2.10. The molecule has 0 aliphatic carbocycles. The van der Waals surface area contributed by atoms with Crippen LogP contribution in [0.25, 0.3) is 0 Å². The second-order valence-corrected chi connectivity index (χ2v) is 4.38. The van der Waals surface area contributed by atoms with Crippen molar-refractivity contribution >= 4 is 11.8 Å². The summed E-state index contributed by atoms with van der Waals surface area (Å²) < 4.78 is 30.7. The van der Waals surface area contributed by atoms with Gasteiger partial charge in [0.2, 0.25) is 0 Å². The van der Waals surface area contributed by atoms with Crippen LogP contribution >= 0.6 is 0 Å². The Morgan fingerprint density at radius 3 is 2.62 bits per heavy atom. The second kappa shape index (κ2) is 6.78. The first-order valence-electron chi connectivity index (χ1n) is 6.31. The fourth-order valence-electron chi connectivity index (χ4n) is 1.86. The molecule has 4 nitrogen and oxygen atoms in total. The number of pyridine rings is 1. The number of methoxy groups -OCH3 is 1. The molecule has 0 amide bonds. The minimum absolute atomic E-state index is 0.381. The predicted octanol–water partition coefficient (Wildman–Crippen LogP) is 2.80. The van der Waals surface area contributed by atoms with Crippen LogP contribution in [0.1, 0.15) is 15.9 Å². The zero-order valence-corrected chi connectivity index (χ0v) is 11.4. The Balaban J connectivity index is 1.95. The number of carbonyl (C=O) groups excluding carboxylic acids is 1. The van der Waals surface area contributed by atoms with Crippen LogP contribution in [0, 0.1) is 11.6 Å². The van der Waals surface area contributed by atoms with Crippen LogP contribution in [0.4, 0.5) is 14.6 Å². The van der Waals surface area contributed by atoms with Crippen molar-refractivity contribution in [3.63, 3.8) is 0 Å². The molecule has 0 atom stereocenters. The molecule has 0 unspecified atom stereocenters. The highest BCUT2D eigenvalue weighted by molar-refractivity contribution is 5.89. The Labute approximate surface area is 120 Å². The van der Waals surface area contributed by atoms with E-state index in [1.54, 1.807) is 12.1 Å². The number of ether oxygens (including phenoxy) is 1. The average Bonchev–Trinajstić information content (AvgIpc) is 2.46. The van der Waals surface area contributed by atoms with Gasteiger partial charge >= 0.3 is 5.97 Å². The number of benzene rings is 1. The lowest BCUT2D eigenvalue weighted by Gasteiger charge is -2.07. The zero-order valence-electron chi connectivity index (χ0n) is 11.4. The van der Waals surface area contributed by atoms with Crippen LogP contribution < -0.4 is 5.32 Å². The molecule has 6 heteroatoms. The van der Waals surface area contributed by atoms with Gasteiger partial charge in [-0.15, -0.1) is 0 Å². The number of nitrogens with one attached hydrogen (secondary N) is 1. The van der Waals surface area contributed by atoms with E-state index in [9.17, 15) is 13.6 Å². The Morgan fingerprint density at radius 2 is 1.95 bits per heavy atom. The van der Waals surface area contributed by atoms with Crippen molar-refractivity contribution in [2.24, 2.45) is 0 Å². The molecular weight excluding hydrogens is 278 g/mol. The first-order valence-corrected chi connectivity index (χ1v) is 6.31. The van der Waals surface area contributed by atoms with Crippen molar-refractivity contribution in [2.75, 3.05) is 19.0 Å². The number of rotatable bonds is 5. The van der Waals surface area contributed by atoms with Crippen molar-refractivity contribution < 1.29 is 18.3 Å². The summed E-state index contributed by atoms with van der Waals surface area (Å²) in [6, 6.07) is 6.49. The van der Waals surface area contributed by atoms with Crippen molar-refractivity contribution in [1.29, 1.82) is 0 Å². The molecular formula is C15H14F2N2O2. The second-order valence-electron chi connectivity index (χ2n) is 4.38. The van der Waals surface area contributed by atoms with Crippen molar-refractivity contribution in [2.45, 2.75) is 6.42 Å². The minimum atomic E-state index is -0.601. The number of halogens is 2. The number of nitrogens with zero attached hydrogens (tertiary/aromatic N) is 1. The fraction of sp³-hybridized carbons (Fsp3) is 0.200. The van der Waals surface area contributed by atoms with Gasteiger partial charge in [0.25, 0.3) is 0 Å². The molecule has 0 aliphatic rings. The summed E-state index contributed by atoms with van der Waals surface area (Å²) in [5.74, 6) is -1.16. The third kappa shape index (κ3) is 4.24. The molecule has 0 bridgehead atoms. The maximum atomic E-state index is 13.0. The van der Waals surface area contributed by atoms with Gasteiger partial charge in [-0.3, -0.25) is 0 Å². The number of anilines is 1. The molecule has 1 N–H and O–H groups in total. The number of carbonyl (C=O) groups is 1. The molecule has 110 valence electrons. The number of hydrogen-bond acceptors (Lipinski definition) is 4. The monoisotopic (exact) mass is 292 g/mol. The van der Waals surface area contributed by atoms with Crippen molar-refractivity contribution in [3.8, 4) is 0 Å². The highest BCUT2D eigenvalue weighted by Gasteiger charge is 2.06. The van der Waals surface area contributed by atoms with Gasteiger partial charge in [0.1, 0.15) is 17.5 Å². The molecule has 2 aromatic rings. The van der Waals surface area contributed by atoms with Crippen LogP contribution in [-0.4, -0.2) is 24.6 Å². The minimum Gasteiger partial charge on any atom is -0.465 e. The van der Waals surface area contributed by atoms with Crippen LogP contribution in [-0.2, 0) is 11.2 Å². The smallest absolute Gasteiger partial charge is 0.338 e. The van der Waals surface area contributed by atoms with E-state index in [1.165, 1.54) is 25.4 Å².